The molecule has 0 unspecified atom stereocenters. The van der Waals surface area contributed by atoms with E-state index in [0.717, 1.165) is 43.3 Å². The lowest BCUT2D eigenvalue weighted by Gasteiger charge is -2.38. The predicted octanol–water partition coefficient (Wildman–Crippen LogP) is 8.22. The fraction of sp³-hybridized carbons (Fsp3) is 0.643. The minimum Gasteiger partial charge on any atom is -0.373 e. The molecule has 29 heavy (non-hydrogen) atoms. The third-order valence-electron chi connectivity index (χ3n) is 7.45. The highest BCUT2D eigenvalue weighted by Crippen LogP contribution is 2.44. The first kappa shape index (κ1) is 22.3. The van der Waals surface area contributed by atoms with Crippen molar-refractivity contribution in [1.29, 1.82) is 0 Å². The molecule has 0 N–H and O–H groups in total. The second kappa shape index (κ2) is 12.4. The minimum absolute atomic E-state index is 0.718. The lowest BCUT2D eigenvalue weighted by molar-refractivity contribution is 0.148. The van der Waals surface area contributed by atoms with Gasteiger partial charge in [-0.15, -0.1) is 6.58 Å². The molecule has 0 saturated heterocycles. The highest BCUT2D eigenvalue weighted by Gasteiger charge is 2.31. The Morgan fingerprint density at radius 2 is 1.55 bits per heavy atom. The van der Waals surface area contributed by atoms with E-state index in [4.69, 9.17) is 4.74 Å². The van der Waals surface area contributed by atoms with Crippen molar-refractivity contribution in [2.24, 2.45) is 17.8 Å². The van der Waals surface area contributed by atoms with Crippen LogP contribution in [0, 0.1) is 17.8 Å². The third-order valence-corrected chi connectivity index (χ3v) is 7.45. The average molecular weight is 395 g/mol. The van der Waals surface area contributed by atoms with Gasteiger partial charge in [0.25, 0.3) is 0 Å². The van der Waals surface area contributed by atoms with Crippen LogP contribution in [0.5, 0.6) is 0 Å². The first-order valence-corrected chi connectivity index (χ1v) is 12.2. The molecular formula is C28H42O. The lowest BCUT2D eigenvalue weighted by Crippen LogP contribution is -2.25. The number of rotatable bonds is 10. The fourth-order valence-corrected chi connectivity index (χ4v) is 5.59. The molecule has 2 aliphatic rings. The molecule has 0 atom stereocenters. The van der Waals surface area contributed by atoms with E-state index in [1.807, 2.05) is 0 Å². The summed E-state index contributed by atoms with van der Waals surface area (Å²) in [5.74, 6) is 3.76. The van der Waals surface area contributed by atoms with E-state index in [0.29, 0.717) is 0 Å². The quantitative estimate of drug-likeness (QED) is 0.287. The topological polar surface area (TPSA) is 9.23 Å². The van der Waals surface area contributed by atoms with Crippen LogP contribution in [0.3, 0.4) is 0 Å². The van der Waals surface area contributed by atoms with Crippen molar-refractivity contribution in [3.63, 3.8) is 0 Å². The zero-order valence-corrected chi connectivity index (χ0v) is 18.7. The van der Waals surface area contributed by atoms with Gasteiger partial charge in [-0.3, -0.25) is 0 Å². The molecule has 0 aliphatic heterocycles. The van der Waals surface area contributed by atoms with Crippen LogP contribution in [0.15, 0.2) is 49.1 Å². The summed E-state index contributed by atoms with van der Waals surface area (Å²) in [5.41, 5.74) is 2.84. The second-order valence-electron chi connectivity index (χ2n) is 9.39. The molecule has 0 heterocycles. The molecule has 0 aromatic heterocycles. The Labute approximate surface area is 179 Å². The van der Waals surface area contributed by atoms with Crippen molar-refractivity contribution in [2.75, 3.05) is 6.61 Å². The van der Waals surface area contributed by atoms with Gasteiger partial charge in [0.15, 0.2) is 0 Å². The van der Waals surface area contributed by atoms with Crippen molar-refractivity contribution in [2.45, 2.75) is 90.1 Å². The zero-order valence-electron chi connectivity index (χ0n) is 18.7. The van der Waals surface area contributed by atoms with E-state index in [2.05, 4.69) is 56.0 Å². The van der Waals surface area contributed by atoms with E-state index >= 15 is 0 Å². The monoisotopic (exact) mass is 394 g/mol. The van der Waals surface area contributed by atoms with Crippen LogP contribution >= 0.6 is 0 Å². The Bertz CT molecular complexity index is 598. The number of hydrogen-bond donors (Lipinski definition) is 0. The van der Waals surface area contributed by atoms with Gasteiger partial charge in [-0.1, -0.05) is 62.3 Å². The molecule has 0 amide bonds. The predicted molar refractivity (Wildman–Crippen MR) is 125 cm³/mol. The normalized spacial score (nSPS) is 27.9. The summed E-state index contributed by atoms with van der Waals surface area (Å²) in [7, 11) is 0. The van der Waals surface area contributed by atoms with E-state index in [-0.39, 0.29) is 0 Å². The largest absolute Gasteiger partial charge is 0.373 e. The molecule has 2 fully saturated rings. The Kier molecular flexibility index (Phi) is 9.54. The van der Waals surface area contributed by atoms with Crippen LogP contribution in [0.2, 0.25) is 0 Å². The minimum atomic E-state index is 0.718. The summed E-state index contributed by atoms with van der Waals surface area (Å²) in [6.07, 6.45) is 21.6. The van der Waals surface area contributed by atoms with Crippen molar-refractivity contribution >= 4 is 0 Å². The number of allylic oxidation sites excluding steroid dienone is 2. The second-order valence-corrected chi connectivity index (χ2v) is 9.39. The molecule has 1 aromatic rings. The van der Waals surface area contributed by atoms with Gasteiger partial charge < -0.3 is 4.74 Å². The van der Waals surface area contributed by atoms with Gasteiger partial charge in [-0.25, -0.2) is 0 Å². The Morgan fingerprint density at radius 3 is 2.17 bits per heavy atom. The van der Waals surface area contributed by atoms with E-state index in [1.165, 1.54) is 69.8 Å². The molecule has 1 heteroatoms. The van der Waals surface area contributed by atoms with Crippen LogP contribution in [-0.2, 0) is 11.3 Å². The molecule has 2 saturated carbocycles. The number of ether oxygens (including phenoxy) is 1. The number of hydrogen-bond acceptors (Lipinski definition) is 1. The summed E-state index contributed by atoms with van der Waals surface area (Å²) in [5, 5.41) is 0. The maximum absolute atomic E-state index is 5.73. The zero-order chi connectivity index (χ0) is 20.3. The number of benzene rings is 1. The van der Waals surface area contributed by atoms with Gasteiger partial charge in [0.05, 0.1) is 13.2 Å². The average Bonchev–Trinajstić information content (AvgIpc) is 2.78. The van der Waals surface area contributed by atoms with Crippen molar-refractivity contribution in [1.82, 2.24) is 0 Å². The van der Waals surface area contributed by atoms with Crippen LogP contribution in [-0.4, -0.2) is 6.61 Å². The van der Waals surface area contributed by atoms with Gasteiger partial charge in [0.1, 0.15) is 0 Å². The van der Waals surface area contributed by atoms with E-state index in [1.54, 1.807) is 5.56 Å². The summed E-state index contributed by atoms with van der Waals surface area (Å²) < 4.78 is 5.73. The maximum Gasteiger partial charge on any atom is 0.0721 e. The van der Waals surface area contributed by atoms with Gasteiger partial charge in [-0.2, -0.15) is 0 Å². The van der Waals surface area contributed by atoms with E-state index in [9.17, 15) is 0 Å². The van der Waals surface area contributed by atoms with Crippen molar-refractivity contribution < 1.29 is 4.74 Å². The molecule has 1 aromatic carbocycles. The van der Waals surface area contributed by atoms with Crippen LogP contribution in [0.4, 0.5) is 0 Å². The lowest BCUT2D eigenvalue weighted by atomic mass is 9.68. The summed E-state index contributed by atoms with van der Waals surface area (Å²) in [4.78, 5) is 0. The maximum atomic E-state index is 5.73. The first-order chi connectivity index (χ1) is 14.3. The molecule has 1 nitrogen and oxygen atoms in total. The van der Waals surface area contributed by atoms with Crippen molar-refractivity contribution in [3.8, 4) is 0 Å². The van der Waals surface area contributed by atoms with Gasteiger partial charge in [0, 0.05) is 0 Å². The summed E-state index contributed by atoms with van der Waals surface area (Å²) in [6.45, 7) is 7.47. The smallest absolute Gasteiger partial charge is 0.0721 e. The highest BCUT2D eigenvalue weighted by molar-refractivity contribution is 5.25. The van der Waals surface area contributed by atoms with Gasteiger partial charge >= 0.3 is 0 Å². The van der Waals surface area contributed by atoms with E-state index < -0.39 is 0 Å². The summed E-state index contributed by atoms with van der Waals surface area (Å²) >= 11 is 0. The van der Waals surface area contributed by atoms with Gasteiger partial charge in [0.2, 0.25) is 0 Å². The van der Waals surface area contributed by atoms with Gasteiger partial charge in [-0.05, 0) is 92.6 Å². The standard InChI is InChI=1S/C28H42O/c1-3-5-7-21-29-22-24-11-15-26(16-12-24)28-19-17-27(18-20-28)25-13-9-23(10-14-25)8-6-4-2/h4-5,7,11-12,15-16,23,25,27-28H,2-3,6,8-10,13-14,17-22H2,1H3/b7-5+/t23-,25-,27?,28?. The molecule has 0 bridgehead atoms. The third kappa shape index (κ3) is 7.14. The first-order valence-electron chi connectivity index (χ1n) is 12.2. The Balaban J connectivity index is 1.38. The van der Waals surface area contributed by atoms with Crippen LogP contribution < -0.4 is 0 Å². The molecule has 160 valence electrons. The SMILES string of the molecule is C=CCC[C@H]1CC[C@H](C2CCC(c3ccc(COC/C=C/CC)cc3)CC2)CC1. The summed E-state index contributed by atoms with van der Waals surface area (Å²) in [6, 6.07) is 9.26. The Hall–Kier alpha value is -1.34. The van der Waals surface area contributed by atoms with Crippen LogP contribution in [0.25, 0.3) is 0 Å². The van der Waals surface area contributed by atoms with Crippen LogP contribution in [0.1, 0.15) is 94.6 Å². The highest BCUT2D eigenvalue weighted by atomic mass is 16.5. The molecule has 3 rings (SSSR count). The van der Waals surface area contributed by atoms with Crippen molar-refractivity contribution in [3.05, 3.63) is 60.2 Å². The molecular weight excluding hydrogens is 352 g/mol. The fourth-order valence-electron chi connectivity index (χ4n) is 5.59. The molecule has 0 spiro atoms. The Morgan fingerprint density at radius 1 is 0.897 bits per heavy atom. The molecule has 0 radical (unpaired) electrons. The molecule has 2 aliphatic carbocycles.